The maximum atomic E-state index is 13.1. The molecule has 10 nitrogen and oxygen atoms in total. The predicted octanol–water partition coefficient (Wildman–Crippen LogP) is 7.47. The molecule has 0 saturated heterocycles. The van der Waals surface area contributed by atoms with E-state index in [1.54, 1.807) is 16.8 Å². The highest BCUT2D eigenvalue weighted by molar-refractivity contribution is 6.04. The number of nitrogens with zero attached hydrogens (tertiary/aromatic N) is 5. The Bertz CT molecular complexity index is 2510. The third kappa shape index (κ3) is 6.58. The van der Waals surface area contributed by atoms with Gasteiger partial charge in [0.15, 0.2) is 0 Å². The molecule has 0 amide bonds. The maximum Gasteiger partial charge on any atom is 0.352 e. The highest BCUT2D eigenvalue weighted by Crippen LogP contribution is 2.39. The summed E-state index contributed by atoms with van der Waals surface area (Å²) in [5.74, 6) is 0.547. The molecule has 1 N–H and O–H groups in total. The van der Waals surface area contributed by atoms with E-state index >= 15 is 0 Å². The summed E-state index contributed by atoms with van der Waals surface area (Å²) in [4.78, 5) is 27.7. The van der Waals surface area contributed by atoms with Crippen LogP contribution in [0.1, 0.15) is 40.3 Å². The van der Waals surface area contributed by atoms with E-state index in [0.717, 1.165) is 74.2 Å². The molecule has 4 aromatic carbocycles. The number of para-hydroxylation sites is 1. The first-order valence-electron chi connectivity index (χ1n) is 18.0. The van der Waals surface area contributed by atoms with Gasteiger partial charge in [-0.1, -0.05) is 60.7 Å². The van der Waals surface area contributed by atoms with Crippen LogP contribution >= 0.6 is 0 Å². The number of hydrogen-bond donors (Lipinski definition) is 1. The number of hydrogen-bond acceptors (Lipinski definition) is 6. The molecule has 0 fully saturated rings. The van der Waals surface area contributed by atoms with Crippen molar-refractivity contribution >= 4 is 27.6 Å². The molecule has 10 heteroatoms. The van der Waals surface area contributed by atoms with Crippen LogP contribution in [0.5, 0.6) is 11.5 Å². The summed E-state index contributed by atoms with van der Waals surface area (Å²) >= 11 is 0. The van der Waals surface area contributed by atoms with Crippen LogP contribution in [-0.4, -0.2) is 55.1 Å². The molecule has 0 aliphatic carbocycles. The van der Waals surface area contributed by atoms with E-state index in [-0.39, 0.29) is 12.2 Å². The van der Waals surface area contributed by atoms with Gasteiger partial charge in [-0.2, -0.15) is 5.10 Å². The number of pyridine rings is 1. The van der Waals surface area contributed by atoms with Crippen molar-refractivity contribution in [2.75, 3.05) is 20.2 Å². The van der Waals surface area contributed by atoms with Crippen LogP contribution in [0, 0.1) is 0 Å². The van der Waals surface area contributed by atoms with Gasteiger partial charge < -0.3 is 24.0 Å². The minimum Gasteiger partial charge on any atom is -0.493 e. The zero-order valence-electron chi connectivity index (χ0n) is 29.9. The van der Waals surface area contributed by atoms with Crippen LogP contribution in [0.3, 0.4) is 0 Å². The first kappa shape index (κ1) is 34.0. The molecule has 0 unspecified atom stereocenters. The largest absolute Gasteiger partial charge is 0.493 e. The summed E-state index contributed by atoms with van der Waals surface area (Å²) in [5.41, 5.74) is 6.42. The summed E-state index contributed by atoms with van der Waals surface area (Å²) in [7, 11) is 4.04. The number of fused-ring (bicyclic) bond motifs is 3. The molecule has 0 saturated carbocycles. The second-order valence-electron chi connectivity index (χ2n) is 13.6. The number of carboxylic acids is 1. The fourth-order valence-corrected chi connectivity index (χ4v) is 7.70. The van der Waals surface area contributed by atoms with E-state index in [1.165, 1.54) is 6.07 Å². The van der Waals surface area contributed by atoms with Crippen molar-refractivity contribution in [1.29, 1.82) is 0 Å². The van der Waals surface area contributed by atoms with E-state index in [4.69, 9.17) is 14.6 Å². The third-order valence-electron chi connectivity index (χ3n) is 10.1. The molecule has 4 heterocycles. The minimum atomic E-state index is -0.932. The number of benzene rings is 4. The van der Waals surface area contributed by atoms with Gasteiger partial charge in [-0.25, -0.2) is 4.79 Å². The van der Waals surface area contributed by atoms with Crippen molar-refractivity contribution in [3.8, 4) is 28.3 Å². The lowest BCUT2D eigenvalue weighted by Gasteiger charge is -2.21. The Hall–Kier alpha value is -6.13. The number of aromatic nitrogens is 4. The maximum absolute atomic E-state index is 13.1. The smallest absolute Gasteiger partial charge is 0.352 e. The van der Waals surface area contributed by atoms with Crippen molar-refractivity contribution in [1.82, 2.24) is 23.8 Å². The molecule has 0 bridgehead atoms. The van der Waals surface area contributed by atoms with E-state index in [1.807, 2.05) is 83.0 Å². The lowest BCUT2D eigenvalue weighted by Crippen LogP contribution is -2.23. The molecule has 7 aromatic rings. The third-order valence-corrected chi connectivity index (χ3v) is 10.1. The number of aromatic carboxylic acids is 1. The quantitative estimate of drug-likeness (QED) is 0.147. The molecular weight excluding hydrogens is 667 g/mol. The van der Waals surface area contributed by atoms with Crippen LogP contribution in [0.25, 0.3) is 38.5 Å². The molecule has 0 radical (unpaired) electrons. The Morgan fingerprint density at radius 3 is 2.45 bits per heavy atom. The molecule has 3 aromatic heterocycles. The molecular formula is C43H41N5O5. The van der Waals surface area contributed by atoms with Gasteiger partial charge in [0.1, 0.15) is 29.5 Å². The standard InChI is InChI=1S/C43H41N5O5/c1-45-23-10-25-48-41-33(34(42(48)43(50)51)16-9-26-52-38-17-7-12-29-11-3-4-13-32(29)38)14-8-15-35(41)40-36(44-46(2)37(40)27-45)28-53-31-21-19-30(20-22-31)47-24-6-5-18-39(47)49/h3-8,11-15,17-22,24H,9-10,16,23,25-28H2,1-2H3,(H,50,51). The summed E-state index contributed by atoms with van der Waals surface area (Å²) in [6.45, 7) is 2.72. The van der Waals surface area contributed by atoms with Gasteiger partial charge >= 0.3 is 5.97 Å². The van der Waals surface area contributed by atoms with E-state index in [0.29, 0.717) is 44.0 Å². The van der Waals surface area contributed by atoms with Crippen LogP contribution in [0.4, 0.5) is 0 Å². The van der Waals surface area contributed by atoms with Gasteiger partial charge in [-0.15, -0.1) is 0 Å². The van der Waals surface area contributed by atoms with E-state index in [9.17, 15) is 14.7 Å². The Kier molecular flexibility index (Phi) is 9.28. The Morgan fingerprint density at radius 1 is 0.849 bits per heavy atom. The van der Waals surface area contributed by atoms with Crippen molar-refractivity contribution in [3.63, 3.8) is 0 Å². The topological polar surface area (TPSA) is 104 Å². The Morgan fingerprint density at radius 2 is 1.62 bits per heavy atom. The highest BCUT2D eigenvalue weighted by atomic mass is 16.5. The molecule has 1 aliphatic heterocycles. The summed E-state index contributed by atoms with van der Waals surface area (Å²) < 4.78 is 18.1. The van der Waals surface area contributed by atoms with Crippen molar-refractivity contribution < 1.29 is 19.4 Å². The zero-order valence-corrected chi connectivity index (χ0v) is 29.9. The Labute approximate surface area is 307 Å². The van der Waals surface area contributed by atoms with Crippen molar-refractivity contribution in [2.45, 2.75) is 39.0 Å². The molecule has 53 heavy (non-hydrogen) atoms. The number of rotatable bonds is 10. The first-order valence-corrected chi connectivity index (χ1v) is 18.0. The number of aryl methyl sites for hydroxylation is 3. The first-order chi connectivity index (χ1) is 25.9. The average molecular weight is 708 g/mol. The fourth-order valence-electron chi connectivity index (χ4n) is 7.70. The van der Waals surface area contributed by atoms with E-state index in [2.05, 4.69) is 36.2 Å². The lowest BCUT2D eigenvalue weighted by atomic mass is 9.97. The average Bonchev–Trinajstić information content (AvgIpc) is 3.66. The molecule has 268 valence electrons. The minimum absolute atomic E-state index is 0.104. The molecule has 0 spiro atoms. The monoisotopic (exact) mass is 707 g/mol. The Balaban J connectivity index is 1.14. The SMILES string of the molecule is CN1CCCn2c(C(=O)O)c(CCCOc3cccc4ccccc34)c3cccc(c32)-c2c(COc3ccc(-n4ccccc4=O)cc3)nn(C)c2C1. The van der Waals surface area contributed by atoms with E-state index < -0.39 is 5.97 Å². The molecule has 8 rings (SSSR count). The van der Waals surface area contributed by atoms with Crippen LogP contribution < -0.4 is 15.0 Å². The second kappa shape index (κ2) is 14.5. The highest BCUT2D eigenvalue weighted by Gasteiger charge is 2.28. The van der Waals surface area contributed by atoms with Gasteiger partial charge in [0, 0.05) is 60.0 Å². The number of carboxylic acid groups (broad SMARTS) is 1. The fraction of sp³-hybridized carbons (Fsp3) is 0.233. The van der Waals surface area contributed by atoms with Crippen LogP contribution in [0.15, 0.2) is 114 Å². The van der Waals surface area contributed by atoms with Crippen LogP contribution in [0.2, 0.25) is 0 Å². The molecule has 1 aliphatic rings. The van der Waals surface area contributed by atoms with Gasteiger partial charge in [-0.3, -0.25) is 14.0 Å². The summed E-state index contributed by atoms with van der Waals surface area (Å²) in [6, 6.07) is 32.9. The number of carbonyl (C=O) groups is 1. The van der Waals surface area contributed by atoms with Gasteiger partial charge in [0.25, 0.3) is 5.56 Å². The summed E-state index contributed by atoms with van der Waals surface area (Å²) in [6.07, 6.45) is 3.75. The lowest BCUT2D eigenvalue weighted by molar-refractivity contribution is 0.0683. The van der Waals surface area contributed by atoms with Gasteiger partial charge in [0.2, 0.25) is 0 Å². The van der Waals surface area contributed by atoms with Crippen molar-refractivity contribution in [3.05, 3.63) is 142 Å². The van der Waals surface area contributed by atoms with Crippen molar-refractivity contribution in [2.24, 2.45) is 7.05 Å². The normalized spacial score (nSPS) is 13.2. The van der Waals surface area contributed by atoms with Gasteiger partial charge in [-0.05, 0) is 80.2 Å². The van der Waals surface area contributed by atoms with Gasteiger partial charge in [0.05, 0.1) is 17.8 Å². The zero-order chi connectivity index (χ0) is 36.5. The van der Waals surface area contributed by atoms with Crippen LogP contribution in [-0.2, 0) is 33.2 Å². The predicted molar refractivity (Wildman–Crippen MR) is 206 cm³/mol. The second-order valence-corrected chi connectivity index (χ2v) is 13.6. The number of ether oxygens (including phenoxy) is 2. The molecule has 0 atom stereocenters. The summed E-state index contributed by atoms with van der Waals surface area (Å²) in [5, 5.41) is 18.8.